The molecule has 0 amide bonds. The number of nitrogens with zero attached hydrogens (tertiary/aromatic N) is 2. The average molecular weight is 338 g/mol. The Morgan fingerprint density at radius 3 is 2.38 bits per heavy atom. The molecule has 0 radical (unpaired) electrons. The first-order valence-corrected chi connectivity index (χ1v) is 7.03. The highest BCUT2D eigenvalue weighted by molar-refractivity contribution is 5.67. The molecule has 0 aliphatic carbocycles. The van der Waals surface area contributed by atoms with Crippen LogP contribution in [0.25, 0.3) is 0 Å². The number of nitro benzene ring substituents is 1. The van der Waals surface area contributed by atoms with Crippen molar-refractivity contribution in [1.29, 1.82) is 0 Å². The van der Waals surface area contributed by atoms with Gasteiger partial charge in [-0.25, -0.2) is 0 Å². The Hall–Kier alpha value is -2.61. The third-order valence-corrected chi connectivity index (χ3v) is 4.31. The number of hydrogen-bond donors (Lipinski definition) is 1. The molecule has 24 heavy (non-hydrogen) atoms. The molecule has 3 rings (SSSR count). The van der Waals surface area contributed by atoms with E-state index in [-0.39, 0.29) is 11.3 Å². The van der Waals surface area contributed by atoms with E-state index in [9.17, 15) is 28.4 Å². The van der Waals surface area contributed by atoms with E-state index in [0.29, 0.717) is 0 Å². The highest BCUT2D eigenvalue weighted by atomic mass is 19.4. The monoisotopic (exact) mass is 338 g/mol. The van der Waals surface area contributed by atoms with Gasteiger partial charge in [0.25, 0.3) is 5.69 Å². The fraction of sp³-hybridized carbons (Fsp3) is 0.250. The fourth-order valence-corrected chi connectivity index (χ4v) is 3.22. The molecule has 0 bridgehead atoms. The summed E-state index contributed by atoms with van der Waals surface area (Å²) in [6.07, 6.45) is -5.01. The second-order valence-electron chi connectivity index (χ2n) is 5.65. The van der Waals surface area contributed by atoms with Crippen LogP contribution in [0.3, 0.4) is 0 Å². The van der Waals surface area contributed by atoms with Gasteiger partial charge in [0, 0.05) is 30.4 Å². The van der Waals surface area contributed by atoms with Crippen LogP contribution in [0.15, 0.2) is 48.5 Å². The standard InChI is InChI=1S/C16H13F3N2O3/c1-20-13-8-7-11(21(23)24)9-12(13)15(22,16(17,18)19)14(20)10-5-3-2-4-6-10/h2-9,14,22H,1H3/t14-,15-/m0/s1. The molecule has 0 fully saturated rings. The lowest BCUT2D eigenvalue weighted by molar-refractivity contribution is -0.385. The lowest BCUT2D eigenvalue weighted by Gasteiger charge is -2.35. The predicted molar refractivity (Wildman–Crippen MR) is 80.6 cm³/mol. The molecule has 126 valence electrons. The number of non-ortho nitro benzene ring substituents is 1. The molecule has 0 unspecified atom stereocenters. The van der Waals surface area contributed by atoms with E-state index in [1.165, 1.54) is 30.1 Å². The van der Waals surface area contributed by atoms with E-state index in [1.54, 1.807) is 18.2 Å². The van der Waals surface area contributed by atoms with Crippen LogP contribution in [0.1, 0.15) is 17.2 Å². The van der Waals surface area contributed by atoms with E-state index in [4.69, 9.17) is 0 Å². The number of nitro groups is 1. The quantitative estimate of drug-likeness (QED) is 0.672. The van der Waals surface area contributed by atoms with Gasteiger partial charge in [0.2, 0.25) is 5.60 Å². The molecule has 2 aromatic carbocycles. The maximum absolute atomic E-state index is 13.8. The molecule has 1 heterocycles. The molecule has 2 atom stereocenters. The highest BCUT2D eigenvalue weighted by Gasteiger charge is 2.66. The van der Waals surface area contributed by atoms with Crippen molar-refractivity contribution in [3.8, 4) is 0 Å². The maximum Gasteiger partial charge on any atom is 0.423 e. The minimum atomic E-state index is -5.01. The zero-order chi connectivity index (χ0) is 17.7. The van der Waals surface area contributed by atoms with Crippen LogP contribution in [-0.4, -0.2) is 23.3 Å². The van der Waals surface area contributed by atoms with Gasteiger partial charge >= 0.3 is 6.18 Å². The Kier molecular flexibility index (Phi) is 3.52. The second-order valence-corrected chi connectivity index (χ2v) is 5.65. The van der Waals surface area contributed by atoms with Gasteiger partial charge in [-0.3, -0.25) is 10.1 Å². The van der Waals surface area contributed by atoms with Gasteiger partial charge in [0.1, 0.15) is 0 Å². The summed E-state index contributed by atoms with van der Waals surface area (Å²) in [4.78, 5) is 11.4. The van der Waals surface area contributed by atoms with Crippen molar-refractivity contribution in [1.82, 2.24) is 0 Å². The van der Waals surface area contributed by atoms with Crippen LogP contribution >= 0.6 is 0 Å². The minimum absolute atomic E-state index is 0.106. The van der Waals surface area contributed by atoms with Crippen LogP contribution in [0.2, 0.25) is 0 Å². The summed E-state index contributed by atoms with van der Waals surface area (Å²) in [5.74, 6) is 0. The molecule has 0 saturated heterocycles. The van der Waals surface area contributed by atoms with Crippen molar-refractivity contribution in [2.24, 2.45) is 0 Å². The number of anilines is 1. The molecule has 0 spiro atoms. The van der Waals surface area contributed by atoms with Crippen molar-refractivity contribution in [2.75, 3.05) is 11.9 Å². The zero-order valence-electron chi connectivity index (χ0n) is 12.5. The minimum Gasteiger partial charge on any atom is -0.374 e. The fourth-order valence-electron chi connectivity index (χ4n) is 3.22. The summed E-state index contributed by atoms with van der Waals surface area (Å²) >= 11 is 0. The first-order chi connectivity index (χ1) is 11.2. The predicted octanol–water partition coefficient (Wildman–Crippen LogP) is 3.54. The zero-order valence-corrected chi connectivity index (χ0v) is 12.5. The van der Waals surface area contributed by atoms with Gasteiger partial charge in [0.05, 0.1) is 11.0 Å². The van der Waals surface area contributed by atoms with Crippen molar-refractivity contribution < 1.29 is 23.2 Å². The first-order valence-electron chi connectivity index (χ1n) is 7.03. The number of fused-ring (bicyclic) bond motifs is 1. The number of likely N-dealkylation sites (N-methyl/N-ethyl adjacent to an activating group) is 1. The molecule has 0 saturated carbocycles. The molecule has 1 aliphatic heterocycles. The smallest absolute Gasteiger partial charge is 0.374 e. The Bertz CT molecular complexity index is 795. The Morgan fingerprint density at radius 2 is 1.83 bits per heavy atom. The lowest BCUT2D eigenvalue weighted by atomic mass is 9.84. The summed E-state index contributed by atoms with van der Waals surface area (Å²) in [6, 6.07) is 9.49. The van der Waals surface area contributed by atoms with Gasteiger partial charge in [-0.2, -0.15) is 13.2 Å². The molecule has 1 aliphatic rings. The van der Waals surface area contributed by atoms with Gasteiger partial charge in [0.15, 0.2) is 0 Å². The van der Waals surface area contributed by atoms with Gasteiger partial charge in [-0.1, -0.05) is 30.3 Å². The second kappa shape index (κ2) is 5.20. The van der Waals surface area contributed by atoms with E-state index in [1.807, 2.05) is 0 Å². The Labute approximate surface area is 135 Å². The number of benzene rings is 2. The summed E-state index contributed by atoms with van der Waals surface area (Å²) in [5.41, 5.74) is -3.89. The van der Waals surface area contributed by atoms with E-state index < -0.39 is 34.0 Å². The summed E-state index contributed by atoms with van der Waals surface area (Å²) in [5, 5.41) is 21.6. The van der Waals surface area contributed by atoms with Gasteiger partial charge in [-0.05, 0) is 11.6 Å². The molecule has 1 N–H and O–H groups in total. The number of aliphatic hydroxyl groups is 1. The largest absolute Gasteiger partial charge is 0.423 e. The Balaban J connectivity index is 2.28. The van der Waals surface area contributed by atoms with Crippen LogP contribution in [0.5, 0.6) is 0 Å². The van der Waals surface area contributed by atoms with Crippen molar-refractivity contribution in [3.05, 3.63) is 69.8 Å². The SMILES string of the molecule is CN1c2ccc([N+](=O)[O-])cc2[C@@](O)(C(F)(F)F)[C@@H]1c1ccccc1. The normalized spacial score (nSPS) is 23.2. The third kappa shape index (κ3) is 2.14. The molecule has 2 aromatic rings. The van der Waals surface area contributed by atoms with E-state index >= 15 is 0 Å². The van der Waals surface area contributed by atoms with E-state index in [0.717, 1.165) is 12.1 Å². The summed E-state index contributed by atoms with van der Waals surface area (Å²) < 4.78 is 41.5. The molecule has 0 aromatic heterocycles. The summed E-state index contributed by atoms with van der Waals surface area (Å²) in [7, 11) is 1.42. The Morgan fingerprint density at radius 1 is 1.21 bits per heavy atom. The summed E-state index contributed by atoms with van der Waals surface area (Å²) in [6.45, 7) is 0. The van der Waals surface area contributed by atoms with Crippen LogP contribution < -0.4 is 4.90 Å². The van der Waals surface area contributed by atoms with Gasteiger partial charge < -0.3 is 10.0 Å². The van der Waals surface area contributed by atoms with Crippen LogP contribution in [0.4, 0.5) is 24.5 Å². The van der Waals surface area contributed by atoms with E-state index in [2.05, 4.69) is 0 Å². The maximum atomic E-state index is 13.8. The topological polar surface area (TPSA) is 66.6 Å². The van der Waals surface area contributed by atoms with Crippen molar-refractivity contribution in [2.45, 2.75) is 17.8 Å². The van der Waals surface area contributed by atoms with Gasteiger partial charge in [-0.15, -0.1) is 0 Å². The lowest BCUT2D eigenvalue weighted by Crippen LogP contribution is -2.47. The molecular weight excluding hydrogens is 325 g/mol. The molecule has 8 heteroatoms. The third-order valence-electron chi connectivity index (χ3n) is 4.31. The highest BCUT2D eigenvalue weighted by Crippen LogP contribution is 2.58. The number of alkyl halides is 3. The number of rotatable bonds is 2. The molecular formula is C16H13F3N2O3. The molecule has 5 nitrogen and oxygen atoms in total. The number of halogens is 3. The first kappa shape index (κ1) is 16.3. The van der Waals surface area contributed by atoms with Crippen LogP contribution in [-0.2, 0) is 5.60 Å². The van der Waals surface area contributed by atoms with Crippen LogP contribution in [0, 0.1) is 10.1 Å². The number of hydrogen-bond acceptors (Lipinski definition) is 4. The average Bonchev–Trinajstić information content (AvgIpc) is 2.76. The van der Waals surface area contributed by atoms with Crippen molar-refractivity contribution in [3.63, 3.8) is 0 Å². The van der Waals surface area contributed by atoms with Crippen molar-refractivity contribution >= 4 is 11.4 Å².